The summed E-state index contributed by atoms with van der Waals surface area (Å²) >= 11 is 5.91. The maximum absolute atomic E-state index is 12.2. The normalized spacial score (nSPS) is 10.4. The van der Waals surface area contributed by atoms with Crippen molar-refractivity contribution in [2.75, 3.05) is 11.9 Å². The molecule has 5 nitrogen and oxygen atoms in total. The second kappa shape index (κ2) is 7.97. The van der Waals surface area contributed by atoms with Gasteiger partial charge in [-0.05, 0) is 43.2 Å². The van der Waals surface area contributed by atoms with Crippen LogP contribution in [0, 0.1) is 13.8 Å². The fourth-order valence-electron chi connectivity index (χ4n) is 2.47. The van der Waals surface area contributed by atoms with Crippen LogP contribution in [-0.4, -0.2) is 22.5 Å². The Bertz CT molecular complexity index is 930. The van der Waals surface area contributed by atoms with Gasteiger partial charge in [0.25, 0.3) is 5.91 Å². The van der Waals surface area contributed by atoms with Crippen molar-refractivity contribution in [2.24, 2.45) is 0 Å². The molecule has 132 valence electrons. The standard InChI is InChI=1S/C20H18ClN3O2/c1-13-10-16(21)8-9-17(13)26-12-18(25)23-20-22-11-14(2)19(24-20)15-6-4-3-5-7-15/h3-11H,12H2,1-2H3,(H,22,23,24,25). The van der Waals surface area contributed by atoms with E-state index in [0.29, 0.717) is 10.8 Å². The molecule has 6 heteroatoms. The number of rotatable bonds is 5. The molecule has 1 aromatic heterocycles. The van der Waals surface area contributed by atoms with Gasteiger partial charge in [0, 0.05) is 16.8 Å². The maximum atomic E-state index is 12.2. The van der Waals surface area contributed by atoms with E-state index in [2.05, 4.69) is 15.3 Å². The molecule has 0 unspecified atom stereocenters. The number of nitrogens with zero attached hydrogens (tertiary/aromatic N) is 2. The number of amides is 1. The first kappa shape index (κ1) is 17.9. The van der Waals surface area contributed by atoms with Crippen LogP contribution in [0.2, 0.25) is 5.02 Å². The number of hydrogen-bond acceptors (Lipinski definition) is 4. The van der Waals surface area contributed by atoms with Crippen LogP contribution >= 0.6 is 11.6 Å². The number of anilines is 1. The van der Waals surface area contributed by atoms with E-state index < -0.39 is 0 Å². The fraction of sp³-hybridized carbons (Fsp3) is 0.150. The molecular formula is C20H18ClN3O2. The summed E-state index contributed by atoms with van der Waals surface area (Å²) in [6, 6.07) is 15.0. The van der Waals surface area contributed by atoms with Crippen LogP contribution in [0.1, 0.15) is 11.1 Å². The topological polar surface area (TPSA) is 64.1 Å². The van der Waals surface area contributed by atoms with Crippen LogP contribution in [0.25, 0.3) is 11.3 Å². The lowest BCUT2D eigenvalue weighted by atomic mass is 10.1. The van der Waals surface area contributed by atoms with Crippen LogP contribution in [-0.2, 0) is 4.79 Å². The number of aromatic nitrogens is 2. The minimum atomic E-state index is -0.331. The molecule has 0 aliphatic heterocycles. The van der Waals surface area contributed by atoms with Gasteiger partial charge in [0.15, 0.2) is 6.61 Å². The molecule has 0 aliphatic carbocycles. The molecule has 1 heterocycles. The summed E-state index contributed by atoms with van der Waals surface area (Å²) in [4.78, 5) is 20.8. The Hall–Kier alpha value is -2.92. The highest BCUT2D eigenvalue weighted by Crippen LogP contribution is 2.22. The van der Waals surface area contributed by atoms with Gasteiger partial charge < -0.3 is 4.74 Å². The Balaban J connectivity index is 1.68. The minimum Gasteiger partial charge on any atom is -0.483 e. The van der Waals surface area contributed by atoms with Crippen LogP contribution in [0.4, 0.5) is 5.95 Å². The number of ether oxygens (including phenoxy) is 1. The van der Waals surface area contributed by atoms with Gasteiger partial charge in [-0.15, -0.1) is 0 Å². The van der Waals surface area contributed by atoms with Crippen molar-refractivity contribution in [1.82, 2.24) is 9.97 Å². The second-order valence-corrected chi connectivity index (χ2v) is 6.27. The largest absolute Gasteiger partial charge is 0.483 e. The monoisotopic (exact) mass is 367 g/mol. The van der Waals surface area contributed by atoms with Crippen molar-refractivity contribution in [2.45, 2.75) is 13.8 Å². The molecule has 3 aromatic rings. The summed E-state index contributed by atoms with van der Waals surface area (Å²) in [5, 5.41) is 3.29. The molecular weight excluding hydrogens is 350 g/mol. The first-order chi connectivity index (χ1) is 12.5. The molecule has 1 amide bonds. The van der Waals surface area contributed by atoms with Gasteiger partial charge >= 0.3 is 0 Å². The smallest absolute Gasteiger partial charge is 0.264 e. The van der Waals surface area contributed by atoms with E-state index in [1.54, 1.807) is 24.4 Å². The zero-order valence-electron chi connectivity index (χ0n) is 14.5. The van der Waals surface area contributed by atoms with Crippen molar-refractivity contribution in [1.29, 1.82) is 0 Å². The molecule has 26 heavy (non-hydrogen) atoms. The molecule has 2 aromatic carbocycles. The molecule has 0 saturated heterocycles. The highest BCUT2D eigenvalue weighted by Gasteiger charge is 2.10. The van der Waals surface area contributed by atoms with E-state index in [1.807, 2.05) is 44.2 Å². The molecule has 0 fully saturated rings. The van der Waals surface area contributed by atoms with Crippen LogP contribution < -0.4 is 10.1 Å². The molecule has 0 spiro atoms. The zero-order valence-corrected chi connectivity index (χ0v) is 15.2. The zero-order chi connectivity index (χ0) is 18.5. The Kier molecular flexibility index (Phi) is 5.49. The lowest BCUT2D eigenvalue weighted by molar-refractivity contribution is -0.118. The van der Waals surface area contributed by atoms with Crippen molar-refractivity contribution < 1.29 is 9.53 Å². The van der Waals surface area contributed by atoms with Crippen LogP contribution in [0.3, 0.4) is 0 Å². The predicted octanol–water partition coefficient (Wildman–Crippen LogP) is 4.43. The number of aryl methyl sites for hydroxylation is 2. The van der Waals surface area contributed by atoms with Gasteiger partial charge in [-0.1, -0.05) is 41.9 Å². The van der Waals surface area contributed by atoms with E-state index in [-0.39, 0.29) is 18.5 Å². The van der Waals surface area contributed by atoms with Gasteiger partial charge in [-0.3, -0.25) is 10.1 Å². The Labute approximate surface area is 157 Å². The van der Waals surface area contributed by atoms with Gasteiger partial charge in [-0.25, -0.2) is 9.97 Å². The first-order valence-electron chi connectivity index (χ1n) is 8.11. The maximum Gasteiger partial charge on any atom is 0.264 e. The Morgan fingerprint density at radius 2 is 1.88 bits per heavy atom. The summed E-state index contributed by atoms with van der Waals surface area (Å²) in [6.45, 7) is 3.66. The Morgan fingerprint density at radius 1 is 1.12 bits per heavy atom. The highest BCUT2D eigenvalue weighted by molar-refractivity contribution is 6.30. The number of carbonyl (C=O) groups is 1. The molecule has 0 atom stereocenters. The fourth-order valence-corrected chi connectivity index (χ4v) is 2.70. The van der Waals surface area contributed by atoms with Crippen molar-refractivity contribution >= 4 is 23.5 Å². The number of nitrogens with one attached hydrogen (secondary N) is 1. The number of hydrogen-bond donors (Lipinski definition) is 1. The summed E-state index contributed by atoms with van der Waals surface area (Å²) in [6.07, 6.45) is 1.69. The summed E-state index contributed by atoms with van der Waals surface area (Å²) in [7, 11) is 0. The summed E-state index contributed by atoms with van der Waals surface area (Å²) in [5.74, 6) is 0.525. The van der Waals surface area contributed by atoms with Gasteiger partial charge in [0.1, 0.15) is 5.75 Å². The van der Waals surface area contributed by atoms with Gasteiger partial charge in [-0.2, -0.15) is 0 Å². The van der Waals surface area contributed by atoms with E-state index in [0.717, 1.165) is 22.4 Å². The van der Waals surface area contributed by atoms with Crippen molar-refractivity contribution in [3.05, 3.63) is 70.9 Å². The third-order valence-corrected chi connectivity index (χ3v) is 4.00. The predicted molar refractivity (Wildman–Crippen MR) is 103 cm³/mol. The Morgan fingerprint density at radius 3 is 2.62 bits per heavy atom. The highest BCUT2D eigenvalue weighted by atomic mass is 35.5. The average Bonchev–Trinajstić information content (AvgIpc) is 2.63. The summed E-state index contributed by atoms with van der Waals surface area (Å²) < 4.78 is 5.54. The van der Waals surface area contributed by atoms with Gasteiger partial charge in [0.2, 0.25) is 5.95 Å². The molecule has 0 bridgehead atoms. The molecule has 1 N–H and O–H groups in total. The number of carbonyl (C=O) groups excluding carboxylic acids is 1. The van der Waals surface area contributed by atoms with E-state index in [4.69, 9.17) is 16.3 Å². The molecule has 3 rings (SSSR count). The van der Waals surface area contributed by atoms with Crippen molar-refractivity contribution in [3.8, 4) is 17.0 Å². The molecule has 0 aliphatic rings. The average molecular weight is 368 g/mol. The SMILES string of the molecule is Cc1cc(Cl)ccc1OCC(=O)Nc1ncc(C)c(-c2ccccc2)n1. The molecule has 0 saturated carbocycles. The second-order valence-electron chi connectivity index (χ2n) is 5.84. The minimum absolute atomic E-state index is 0.139. The first-order valence-corrected chi connectivity index (χ1v) is 8.48. The quantitative estimate of drug-likeness (QED) is 0.724. The number of benzene rings is 2. The third-order valence-electron chi connectivity index (χ3n) is 3.77. The van der Waals surface area contributed by atoms with Crippen LogP contribution in [0.5, 0.6) is 5.75 Å². The van der Waals surface area contributed by atoms with E-state index in [1.165, 1.54) is 0 Å². The lowest BCUT2D eigenvalue weighted by Gasteiger charge is -2.10. The van der Waals surface area contributed by atoms with E-state index in [9.17, 15) is 4.79 Å². The van der Waals surface area contributed by atoms with Gasteiger partial charge in [0.05, 0.1) is 5.69 Å². The van der Waals surface area contributed by atoms with Crippen LogP contribution in [0.15, 0.2) is 54.7 Å². The molecule has 0 radical (unpaired) electrons. The van der Waals surface area contributed by atoms with Crippen molar-refractivity contribution in [3.63, 3.8) is 0 Å². The summed E-state index contributed by atoms with van der Waals surface area (Å²) in [5.41, 5.74) is 3.55. The lowest BCUT2D eigenvalue weighted by Crippen LogP contribution is -2.22. The van der Waals surface area contributed by atoms with E-state index >= 15 is 0 Å². The third kappa shape index (κ3) is 4.37. The number of halogens is 1.